The van der Waals surface area contributed by atoms with Gasteiger partial charge < -0.3 is 9.88 Å². The summed E-state index contributed by atoms with van der Waals surface area (Å²) in [6, 6.07) is 10.1. The first-order valence-corrected chi connectivity index (χ1v) is 10.8. The molecule has 0 fully saturated rings. The third-order valence-electron chi connectivity index (χ3n) is 4.26. The molecule has 0 bridgehead atoms. The van der Waals surface area contributed by atoms with Crippen molar-refractivity contribution in [2.75, 3.05) is 11.1 Å². The first-order valence-electron chi connectivity index (χ1n) is 8.97. The molecule has 0 aliphatic rings. The number of carbonyl (C=O) groups is 1. The zero-order chi connectivity index (χ0) is 19.4. The van der Waals surface area contributed by atoms with Crippen molar-refractivity contribution in [3.8, 4) is 11.4 Å². The average Bonchev–Trinajstić information content (AvgIpc) is 3.27. The molecule has 0 spiro atoms. The Kier molecular flexibility index (Phi) is 6.34. The zero-order valence-electron chi connectivity index (χ0n) is 16.0. The number of hydrogen-bond acceptors (Lipinski definition) is 5. The standard InChI is InChI=1S/C20H24N4OS2/c1-5-14-6-8-16(9-7-14)21-18(25)12-27-20-23-22-19(24(20)4)15-10-17(13(2)3)26-11-15/h6-11,13H,5,12H2,1-4H3,(H,21,25). The fourth-order valence-electron chi connectivity index (χ4n) is 2.62. The largest absolute Gasteiger partial charge is 0.325 e. The molecule has 0 saturated heterocycles. The van der Waals surface area contributed by atoms with E-state index < -0.39 is 0 Å². The van der Waals surface area contributed by atoms with Crippen LogP contribution in [0, 0.1) is 0 Å². The second kappa shape index (κ2) is 8.71. The van der Waals surface area contributed by atoms with Crippen molar-refractivity contribution in [1.82, 2.24) is 14.8 Å². The summed E-state index contributed by atoms with van der Waals surface area (Å²) in [7, 11) is 1.94. The van der Waals surface area contributed by atoms with Gasteiger partial charge in [-0.2, -0.15) is 0 Å². The van der Waals surface area contributed by atoms with Gasteiger partial charge in [-0.3, -0.25) is 4.79 Å². The van der Waals surface area contributed by atoms with E-state index in [2.05, 4.69) is 47.7 Å². The van der Waals surface area contributed by atoms with Gasteiger partial charge in [0.15, 0.2) is 11.0 Å². The Balaban J connectivity index is 1.60. The van der Waals surface area contributed by atoms with Gasteiger partial charge in [-0.1, -0.05) is 44.7 Å². The highest BCUT2D eigenvalue weighted by atomic mass is 32.2. The maximum absolute atomic E-state index is 12.2. The van der Waals surface area contributed by atoms with E-state index in [0.29, 0.717) is 11.7 Å². The monoisotopic (exact) mass is 400 g/mol. The van der Waals surface area contributed by atoms with E-state index in [9.17, 15) is 4.79 Å². The van der Waals surface area contributed by atoms with Crippen LogP contribution in [0.25, 0.3) is 11.4 Å². The molecule has 1 aromatic carbocycles. The molecule has 3 aromatic rings. The topological polar surface area (TPSA) is 59.8 Å². The van der Waals surface area contributed by atoms with E-state index >= 15 is 0 Å². The van der Waals surface area contributed by atoms with Gasteiger partial charge in [0.05, 0.1) is 5.75 Å². The molecule has 1 N–H and O–H groups in total. The number of carbonyl (C=O) groups excluding carboxylic acids is 1. The van der Waals surface area contributed by atoms with Gasteiger partial charge in [0, 0.05) is 28.6 Å². The number of thiophene rings is 1. The number of benzene rings is 1. The summed E-state index contributed by atoms with van der Waals surface area (Å²) in [6.07, 6.45) is 0.987. The molecule has 0 unspecified atom stereocenters. The molecule has 0 aliphatic carbocycles. The minimum Gasteiger partial charge on any atom is -0.325 e. The summed E-state index contributed by atoms with van der Waals surface area (Å²) in [5.74, 6) is 1.58. The third kappa shape index (κ3) is 4.78. The van der Waals surface area contributed by atoms with Crippen LogP contribution < -0.4 is 5.32 Å². The van der Waals surface area contributed by atoms with E-state index in [1.807, 2.05) is 35.9 Å². The molecule has 2 aromatic heterocycles. The highest BCUT2D eigenvalue weighted by molar-refractivity contribution is 7.99. The van der Waals surface area contributed by atoms with Gasteiger partial charge in [-0.25, -0.2) is 0 Å². The molecular weight excluding hydrogens is 376 g/mol. The fraction of sp³-hybridized carbons (Fsp3) is 0.350. The van der Waals surface area contributed by atoms with Crippen LogP contribution >= 0.6 is 23.1 Å². The first-order chi connectivity index (χ1) is 13.0. The molecule has 0 aliphatic heterocycles. The molecule has 0 radical (unpaired) electrons. The van der Waals surface area contributed by atoms with Crippen LogP contribution in [0.1, 0.15) is 37.1 Å². The number of nitrogens with zero attached hydrogens (tertiary/aromatic N) is 3. The summed E-state index contributed by atoms with van der Waals surface area (Å²) < 4.78 is 1.94. The average molecular weight is 401 g/mol. The van der Waals surface area contributed by atoms with Gasteiger partial charge in [0.1, 0.15) is 0 Å². The Hall–Kier alpha value is -2.12. The lowest BCUT2D eigenvalue weighted by Crippen LogP contribution is -2.14. The molecule has 0 atom stereocenters. The minimum atomic E-state index is -0.0496. The SMILES string of the molecule is CCc1ccc(NC(=O)CSc2nnc(-c3csc(C(C)C)c3)n2C)cc1. The number of aryl methyl sites for hydroxylation is 1. The number of amides is 1. The number of nitrogens with one attached hydrogen (secondary N) is 1. The van der Waals surface area contributed by atoms with E-state index in [4.69, 9.17) is 0 Å². The number of hydrogen-bond donors (Lipinski definition) is 1. The fourth-order valence-corrected chi connectivity index (χ4v) is 4.23. The molecule has 7 heteroatoms. The van der Waals surface area contributed by atoms with E-state index in [-0.39, 0.29) is 5.91 Å². The number of aromatic nitrogens is 3. The highest BCUT2D eigenvalue weighted by Crippen LogP contribution is 2.30. The van der Waals surface area contributed by atoms with E-state index in [1.54, 1.807) is 11.3 Å². The molecule has 1 amide bonds. The molecule has 3 rings (SSSR count). The Bertz CT molecular complexity index is 912. The predicted octanol–water partition coefficient (Wildman–Crippen LogP) is 4.96. The number of thioether (sulfide) groups is 1. The summed E-state index contributed by atoms with van der Waals surface area (Å²) >= 11 is 3.13. The Morgan fingerprint density at radius 2 is 2.00 bits per heavy atom. The first kappa shape index (κ1) is 19.6. The second-order valence-corrected chi connectivity index (χ2v) is 8.53. The maximum Gasteiger partial charge on any atom is 0.234 e. The zero-order valence-corrected chi connectivity index (χ0v) is 17.7. The van der Waals surface area contributed by atoms with Crippen molar-refractivity contribution >= 4 is 34.7 Å². The molecular formula is C20H24N4OS2. The lowest BCUT2D eigenvalue weighted by atomic mass is 10.1. The lowest BCUT2D eigenvalue weighted by Gasteiger charge is -2.06. The van der Waals surface area contributed by atoms with E-state index in [0.717, 1.165) is 28.7 Å². The van der Waals surface area contributed by atoms with Crippen LogP contribution in [0.3, 0.4) is 0 Å². The molecule has 27 heavy (non-hydrogen) atoms. The van der Waals surface area contributed by atoms with Crippen LogP contribution in [-0.2, 0) is 18.3 Å². The van der Waals surface area contributed by atoms with Crippen molar-refractivity contribution in [2.24, 2.45) is 7.05 Å². The Morgan fingerprint density at radius 1 is 1.26 bits per heavy atom. The van der Waals surface area contributed by atoms with Crippen LogP contribution in [0.2, 0.25) is 0 Å². The molecule has 142 valence electrons. The maximum atomic E-state index is 12.2. The molecule has 0 saturated carbocycles. The summed E-state index contributed by atoms with van der Waals surface area (Å²) in [6.45, 7) is 6.48. The van der Waals surface area contributed by atoms with Crippen LogP contribution in [0.5, 0.6) is 0 Å². The highest BCUT2D eigenvalue weighted by Gasteiger charge is 2.15. The van der Waals surface area contributed by atoms with Gasteiger partial charge in [-0.05, 0) is 36.1 Å². The normalized spacial score (nSPS) is 11.1. The number of anilines is 1. The van der Waals surface area contributed by atoms with Crippen LogP contribution in [0.15, 0.2) is 40.9 Å². The third-order valence-corrected chi connectivity index (χ3v) is 6.51. The Labute approximate surface area is 168 Å². The van der Waals surface area contributed by atoms with Gasteiger partial charge >= 0.3 is 0 Å². The van der Waals surface area contributed by atoms with Crippen molar-refractivity contribution < 1.29 is 4.79 Å². The van der Waals surface area contributed by atoms with Crippen molar-refractivity contribution in [3.05, 3.63) is 46.2 Å². The smallest absolute Gasteiger partial charge is 0.234 e. The predicted molar refractivity (Wildman–Crippen MR) is 114 cm³/mol. The summed E-state index contributed by atoms with van der Waals surface area (Å²) in [5.41, 5.74) is 3.14. The lowest BCUT2D eigenvalue weighted by molar-refractivity contribution is -0.113. The van der Waals surface area contributed by atoms with Gasteiger partial charge in [-0.15, -0.1) is 21.5 Å². The Morgan fingerprint density at radius 3 is 2.63 bits per heavy atom. The molecule has 5 nitrogen and oxygen atoms in total. The van der Waals surface area contributed by atoms with Crippen molar-refractivity contribution in [2.45, 2.75) is 38.3 Å². The van der Waals surface area contributed by atoms with Gasteiger partial charge in [0.25, 0.3) is 0 Å². The van der Waals surface area contributed by atoms with Crippen molar-refractivity contribution in [1.29, 1.82) is 0 Å². The van der Waals surface area contributed by atoms with Crippen LogP contribution in [-0.4, -0.2) is 26.4 Å². The van der Waals surface area contributed by atoms with Crippen molar-refractivity contribution in [3.63, 3.8) is 0 Å². The summed E-state index contributed by atoms with van der Waals surface area (Å²) in [4.78, 5) is 13.5. The quantitative estimate of drug-likeness (QED) is 0.570. The summed E-state index contributed by atoms with van der Waals surface area (Å²) in [5, 5.41) is 14.3. The van der Waals surface area contributed by atoms with Crippen LogP contribution in [0.4, 0.5) is 5.69 Å². The second-order valence-electron chi connectivity index (χ2n) is 6.64. The van der Waals surface area contributed by atoms with Gasteiger partial charge in [0.2, 0.25) is 5.91 Å². The number of rotatable bonds is 7. The van der Waals surface area contributed by atoms with E-state index in [1.165, 1.54) is 22.2 Å². The minimum absolute atomic E-state index is 0.0496. The molecule has 2 heterocycles.